The molecule has 104 valence electrons. The molecule has 0 aliphatic carbocycles. The summed E-state index contributed by atoms with van der Waals surface area (Å²) in [6, 6.07) is 4.20. The van der Waals surface area contributed by atoms with Gasteiger partial charge in [-0.3, -0.25) is 4.79 Å². The number of hydrogen-bond donors (Lipinski definition) is 0. The molecule has 1 fully saturated rings. The molecule has 0 spiro atoms. The highest BCUT2D eigenvalue weighted by molar-refractivity contribution is 7.91. The van der Waals surface area contributed by atoms with E-state index in [9.17, 15) is 17.6 Å². The summed E-state index contributed by atoms with van der Waals surface area (Å²) in [5.74, 6) is -0.733. The van der Waals surface area contributed by atoms with Crippen LogP contribution in [0.2, 0.25) is 0 Å². The topological polar surface area (TPSA) is 54.5 Å². The number of rotatable bonds is 3. The number of halogens is 1. The maximum absolute atomic E-state index is 13.7. The quantitative estimate of drug-likeness (QED) is 0.792. The second-order valence-electron chi connectivity index (χ2n) is 4.86. The Balaban J connectivity index is 2.37. The van der Waals surface area contributed by atoms with Crippen LogP contribution in [0.5, 0.6) is 0 Å². The standard InChI is InChI=1S/C13H16FNO3S/c1-9(16)13-11(14)4-3-5-12(13)15(2)10-6-7-19(17,18)8-10/h3-5,10H,6-8H2,1-2H3. The molecule has 1 aliphatic heterocycles. The second kappa shape index (κ2) is 4.92. The van der Waals surface area contributed by atoms with E-state index < -0.39 is 15.7 Å². The summed E-state index contributed by atoms with van der Waals surface area (Å²) in [7, 11) is -1.31. The molecule has 0 radical (unpaired) electrons. The Kier molecular flexibility index (Phi) is 3.62. The zero-order chi connectivity index (χ0) is 14.2. The Morgan fingerprint density at radius 1 is 1.42 bits per heavy atom. The third kappa shape index (κ3) is 2.78. The summed E-state index contributed by atoms with van der Waals surface area (Å²) in [4.78, 5) is 13.2. The highest BCUT2D eigenvalue weighted by atomic mass is 32.2. The van der Waals surface area contributed by atoms with Gasteiger partial charge in [-0.1, -0.05) is 6.07 Å². The third-order valence-electron chi connectivity index (χ3n) is 3.48. The molecular formula is C13H16FNO3S. The van der Waals surface area contributed by atoms with Crippen LogP contribution >= 0.6 is 0 Å². The molecule has 19 heavy (non-hydrogen) atoms. The van der Waals surface area contributed by atoms with E-state index in [0.717, 1.165) is 0 Å². The summed E-state index contributed by atoms with van der Waals surface area (Å²) in [6.45, 7) is 1.31. The van der Waals surface area contributed by atoms with Crippen molar-refractivity contribution in [2.75, 3.05) is 23.5 Å². The first-order valence-electron chi connectivity index (χ1n) is 6.04. The molecule has 0 amide bonds. The average Bonchev–Trinajstić information content (AvgIpc) is 2.68. The first-order valence-corrected chi connectivity index (χ1v) is 7.86. The third-order valence-corrected chi connectivity index (χ3v) is 5.23. The van der Waals surface area contributed by atoms with Crippen LogP contribution in [-0.4, -0.2) is 38.8 Å². The molecule has 0 aromatic heterocycles. The molecule has 0 N–H and O–H groups in total. The number of Topliss-reactive ketones (excluding diaryl/α,β-unsaturated/α-hetero) is 1. The number of nitrogens with zero attached hydrogens (tertiary/aromatic N) is 1. The summed E-state index contributed by atoms with van der Waals surface area (Å²) in [5, 5.41) is 0. The molecule has 1 unspecified atom stereocenters. The van der Waals surface area contributed by atoms with Gasteiger partial charge in [-0.05, 0) is 25.5 Å². The van der Waals surface area contributed by atoms with Gasteiger partial charge in [0, 0.05) is 13.1 Å². The fraction of sp³-hybridized carbons (Fsp3) is 0.462. The van der Waals surface area contributed by atoms with E-state index in [2.05, 4.69) is 0 Å². The van der Waals surface area contributed by atoms with E-state index in [0.29, 0.717) is 12.1 Å². The van der Waals surface area contributed by atoms with Crippen LogP contribution in [0.15, 0.2) is 18.2 Å². The van der Waals surface area contributed by atoms with Crippen LogP contribution in [0.4, 0.5) is 10.1 Å². The van der Waals surface area contributed by atoms with Crippen molar-refractivity contribution in [1.29, 1.82) is 0 Å². The minimum atomic E-state index is -3.01. The van der Waals surface area contributed by atoms with E-state index in [1.54, 1.807) is 18.0 Å². The molecule has 1 heterocycles. The van der Waals surface area contributed by atoms with E-state index in [1.165, 1.54) is 19.1 Å². The fourth-order valence-corrected chi connectivity index (χ4v) is 4.21. The van der Waals surface area contributed by atoms with E-state index in [-0.39, 0.29) is 28.9 Å². The van der Waals surface area contributed by atoms with Crippen molar-refractivity contribution in [3.05, 3.63) is 29.6 Å². The lowest BCUT2D eigenvalue weighted by atomic mass is 10.1. The second-order valence-corrected chi connectivity index (χ2v) is 7.09. The zero-order valence-corrected chi connectivity index (χ0v) is 11.7. The Labute approximate surface area is 112 Å². The summed E-state index contributed by atoms with van der Waals surface area (Å²) >= 11 is 0. The molecule has 6 heteroatoms. The molecule has 1 atom stereocenters. The lowest BCUT2D eigenvalue weighted by molar-refractivity contribution is 0.101. The molecule has 1 saturated heterocycles. The summed E-state index contributed by atoms with van der Waals surface area (Å²) in [5.41, 5.74) is 0.476. The number of benzene rings is 1. The van der Waals surface area contributed by atoms with Gasteiger partial charge in [-0.25, -0.2) is 12.8 Å². The number of carbonyl (C=O) groups excluding carboxylic acids is 1. The predicted molar refractivity (Wildman–Crippen MR) is 71.9 cm³/mol. The molecule has 0 bridgehead atoms. The number of hydrogen-bond acceptors (Lipinski definition) is 4. The smallest absolute Gasteiger partial charge is 0.164 e. The van der Waals surface area contributed by atoms with Crippen molar-refractivity contribution in [2.45, 2.75) is 19.4 Å². The first-order chi connectivity index (χ1) is 8.82. The highest BCUT2D eigenvalue weighted by Crippen LogP contribution is 2.28. The molecule has 1 aliphatic rings. The number of sulfone groups is 1. The normalized spacial score (nSPS) is 21.3. The van der Waals surface area contributed by atoms with Crippen molar-refractivity contribution in [1.82, 2.24) is 0 Å². The van der Waals surface area contributed by atoms with Crippen LogP contribution in [-0.2, 0) is 9.84 Å². The maximum atomic E-state index is 13.7. The van der Waals surface area contributed by atoms with Crippen molar-refractivity contribution in [3.8, 4) is 0 Å². The monoisotopic (exact) mass is 285 g/mol. The van der Waals surface area contributed by atoms with Gasteiger partial charge < -0.3 is 4.90 Å². The van der Waals surface area contributed by atoms with Crippen LogP contribution in [0.3, 0.4) is 0 Å². The first kappa shape index (κ1) is 14.0. The van der Waals surface area contributed by atoms with Gasteiger partial charge in [0.2, 0.25) is 0 Å². The molecular weight excluding hydrogens is 269 g/mol. The fourth-order valence-electron chi connectivity index (χ4n) is 2.43. The van der Waals surface area contributed by atoms with Crippen LogP contribution in [0, 0.1) is 5.82 Å². The van der Waals surface area contributed by atoms with Gasteiger partial charge in [-0.15, -0.1) is 0 Å². The van der Waals surface area contributed by atoms with E-state index in [1.807, 2.05) is 0 Å². The Morgan fingerprint density at radius 3 is 2.63 bits per heavy atom. The lowest BCUT2D eigenvalue weighted by Crippen LogP contribution is -2.33. The van der Waals surface area contributed by atoms with E-state index in [4.69, 9.17) is 0 Å². The van der Waals surface area contributed by atoms with Gasteiger partial charge in [0.25, 0.3) is 0 Å². The Morgan fingerprint density at radius 2 is 2.11 bits per heavy atom. The molecule has 1 aromatic carbocycles. The van der Waals surface area contributed by atoms with Gasteiger partial charge >= 0.3 is 0 Å². The highest BCUT2D eigenvalue weighted by Gasteiger charge is 2.32. The Bertz CT molecular complexity index is 612. The number of carbonyl (C=O) groups is 1. The minimum Gasteiger partial charge on any atom is -0.370 e. The lowest BCUT2D eigenvalue weighted by Gasteiger charge is -2.27. The molecule has 2 rings (SSSR count). The maximum Gasteiger partial charge on any atom is 0.164 e. The molecule has 0 saturated carbocycles. The van der Waals surface area contributed by atoms with Gasteiger partial charge in [0.15, 0.2) is 15.6 Å². The van der Waals surface area contributed by atoms with Crippen LogP contribution in [0.1, 0.15) is 23.7 Å². The number of anilines is 1. The average molecular weight is 285 g/mol. The summed E-state index contributed by atoms with van der Waals surface area (Å²) in [6.07, 6.45) is 0.507. The van der Waals surface area contributed by atoms with Crippen LogP contribution in [0.25, 0.3) is 0 Å². The molecule has 1 aromatic rings. The molecule has 4 nitrogen and oxygen atoms in total. The van der Waals surface area contributed by atoms with Crippen molar-refractivity contribution < 1.29 is 17.6 Å². The summed E-state index contributed by atoms with van der Waals surface area (Å²) < 4.78 is 36.7. The zero-order valence-electron chi connectivity index (χ0n) is 10.9. The van der Waals surface area contributed by atoms with E-state index >= 15 is 0 Å². The number of ketones is 1. The SMILES string of the molecule is CC(=O)c1c(F)cccc1N(C)C1CCS(=O)(=O)C1. The van der Waals surface area contributed by atoms with Gasteiger partial charge in [-0.2, -0.15) is 0 Å². The Hall–Kier alpha value is -1.43. The van der Waals surface area contributed by atoms with Crippen molar-refractivity contribution in [2.24, 2.45) is 0 Å². The largest absolute Gasteiger partial charge is 0.370 e. The van der Waals surface area contributed by atoms with Crippen molar-refractivity contribution >= 4 is 21.3 Å². The minimum absolute atomic E-state index is 0.0225. The van der Waals surface area contributed by atoms with Gasteiger partial charge in [0.05, 0.1) is 22.8 Å². The van der Waals surface area contributed by atoms with Crippen LogP contribution < -0.4 is 4.90 Å². The predicted octanol–water partition coefficient (Wildman–Crippen LogP) is 1.65. The van der Waals surface area contributed by atoms with Crippen molar-refractivity contribution in [3.63, 3.8) is 0 Å². The van der Waals surface area contributed by atoms with Gasteiger partial charge in [0.1, 0.15) is 5.82 Å².